The molecule has 0 amide bonds. The lowest BCUT2D eigenvalue weighted by atomic mass is 10.2. The molecule has 1 aliphatic rings. The van der Waals surface area contributed by atoms with Gasteiger partial charge in [-0.25, -0.2) is 4.98 Å². The van der Waals surface area contributed by atoms with E-state index >= 15 is 0 Å². The van der Waals surface area contributed by atoms with Gasteiger partial charge in [0.2, 0.25) is 0 Å². The van der Waals surface area contributed by atoms with Gasteiger partial charge in [-0.15, -0.1) is 0 Å². The summed E-state index contributed by atoms with van der Waals surface area (Å²) < 4.78 is 7.16. The van der Waals surface area contributed by atoms with E-state index in [9.17, 15) is 4.79 Å². The Labute approximate surface area is 114 Å². The van der Waals surface area contributed by atoms with Gasteiger partial charge in [0.25, 0.3) is 0 Å². The number of esters is 1. The first-order valence-electron chi connectivity index (χ1n) is 6.96. The monoisotopic (exact) mass is 262 g/mol. The maximum Gasteiger partial charge on any atom is 0.309 e. The summed E-state index contributed by atoms with van der Waals surface area (Å²) in [5.41, 5.74) is 2.20. The van der Waals surface area contributed by atoms with Crippen molar-refractivity contribution in [3.8, 4) is 0 Å². The molecule has 0 aromatic carbocycles. The Hall–Kier alpha value is -1.58. The summed E-state index contributed by atoms with van der Waals surface area (Å²) in [6.07, 6.45) is 6.00. The SMILES string of the molecule is CC/C=C\c1nc(C2CC2C(=O)OCC)c(C)n1C. The van der Waals surface area contributed by atoms with Crippen LogP contribution in [0.25, 0.3) is 6.08 Å². The molecular weight excluding hydrogens is 240 g/mol. The van der Waals surface area contributed by atoms with Crippen LogP contribution in [0.2, 0.25) is 0 Å². The Morgan fingerprint density at radius 3 is 2.89 bits per heavy atom. The van der Waals surface area contributed by atoms with Crippen LogP contribution in [0, 0.1) is 12.8 Å². The number of carbonyl (C=O) groups excluding carboxylic acids is 1. The zero-order valence-corrected chi connectivity index (χ0v) is 12.1. The lowest BCUT2D eigenvalue weighted by Gasteiger charge is -2.01. The first-order chi connectivity index (χ1) is 9.10. The van der Waals surface area contributed by atoms with Gasteiger partial charge in [0, 0.05) is 18.7 Å². The van der Waals surface area contributed by atoms with Crippen LogP contribution in [0.4, 0.5) is 0 Å². The van der Waals surface area contributed by atoms with Gasteiger partial charge in [-0.3, -0.25) is 4.79 Å². The molecule has 2 atom stereocenters. The molecule has 1 fully saturated rings. The van der Waals surface area contributed by atoms with Crippen LogP contribution in [0.1, 0.15) is 49.8 Å². The van der Waals surface area contributed by atoms with Crippen molar-refractivity contribution in [1.82, 2.24) is 9.55 Å². The van der Waals surface area contributed by atoms with Crippen LogP contribution in [0.5, 0.6) is 0 Å². The topological polar surface area (TPSA) is 44.1 Å². The maximum absolute atomic E-state index is 11.7. The second-order valence-electron chi connectivity index (χ2n) is 5.01. The summed E-state index contributed by atoms with van der Waals surface area (Å²) in [5, 5.41) is 0. The fraction of sp³-hybridized carbons (Fsp3) is 0.600. The van der Waals surface area contributed by atoms with Crippen LogP contribution in [0.15, 0.2) is 6.08 Å². The first-order valence-corrected chi connectivity index (χ1v) is 6.96. The molecule has 4 nitrogen and oxygen atoms in total. The van der Waals surface area contributed by atoms with Crippen LogP contribution >= 0.6 is 0 Å². The number of hydrogen-bond acceptors (Lipinski definition) is 3. The van der Waals surface area contributed by atoms with E-state index in [4.69, 9.17) is 4.74 Å². The van der Waals surface area contributed by atoms with Crippen LogP contribution < -0.4 is 0 Å². The van der Waals surface area contributed by atoms with E-state index in [2.05, 4.69) is 29.5 Å². The van der Waals surface area contributed by atoms with Crippen molar-refractivity contribution in [3.63, 3.8) is 0 Å². The third kappa shape index (κ3) is 2.72. The number of nitrogens with zero attached hydrogens (tertiary/aromatic N) is 2. The number of imidazole rings is 1. The highest BCUT2D eigenvalue weighted by atomic mass is 16.5. The zero-order valence-electron chi connectivity index (χ0n) is 12.1. The van der Waals surface area contributed by atoms with Crippen molar-refractivity contribution in [2.75, 3.05) is 6.61 Å². The number of hydrogen-bond donors (Lipinski definition) is 0. The molecule has 2 rings (SSSR count). The minimum atomic E-state index is -0.0804. The summed E-state index contributed by atoms with van der Waals surface area (Å²) in [6.45, 7) is 6.46. The van der Waals surface area contributed by atoms with Gasteiger partial charge in [-0.2, -0.15) is 0 Å². The van der Waals surface area contributed by atoms with Gasteiger partial charge < -0.3 is 9.30 Å². The van der Waals surface area contributed by atoms with Crippen LogP contribution in [-0.2, 0) is 16.6 Å². The van der Waals surface area contributed by atoms with E-state index in [1.54, 1.807) is 0 Å². The third-order valence-electron chi connectivity index (χ3n) is 3.69. The molecule has 1 aromatic heterocycles. The van der Waals surface area contributed by atoms with Crippen molar-refractivity contribution in [2.24, 2.45) is 13.0 Å². The highest BCUT2D eigenvalue weighted by molar-refractivity contribution is 5.77. The predicted octanol–water partition coefficient (Wildman–Crippen LogP) is 2.82. The van der Waals surface area contributed by atoms with E-state index in [-0.39, 0.29) is 17.8 Å². The summed E-state index contributed by atoms with van der Waals surface area (Å²) >= 11 is 0. The van der Waals surface area contributed by atoms with Crippen molar-refractivity contribution < 1.29 is 9.53 Å². The molecule has 0 spiro atoms. The molecule has 0 aliphatic heterocycles. The molecule has 0 N–H and O–H groups in total. The average molecular weight is 262 g/mol. The maximum atomic E-state index is 11.7. The molecule has 1 aromatic rings. The number of allylic oxidation sites excluding steroid dienone is 1. The molecule has 2 unspecified atom stereocenters. The van der Waals surface area contributed by atoms with Gasteiger partial charge in [0.05, 0.1) is 18.2 Å². The Balaban J connectivity index is 2.15. The molecule has 4 heteroatoms. The highest BCUT2D eigenvalue weighted by Crippen LogP contribution is 2.48. The van der Waals surface area contributed by atoms with Crippen molar-refractivity contribution >= 4 is 12.0 Å². The highest BCUT2D eigenvalue weighted by Gasteiger charge is 2.47. The number of ether oxygens (including phenoxy) is 1. The lowest BCUT2D eigenvalue weighted by Crippen LogP contribution is -2.07. The number of rotatable bonds is 5. The minimum Gasteiger partial charge on any atom is -0.466 e. The zero-order chi connectivity index (χ0) is 14.0. The molecule has 0 bridgehead atoms. The Morgan fingerprint density at radius 1 is 1.53 bits per heavy atom. The molecule has 19 heavy (non-hydrogen) atoms. The van der Waals surface area contributed by atoms with Crippen LogP contribution in [-0.4, -0.2) is 22.1 Å². The summed E-state index contributed by atoms with van der Waals surface area (Å²) in [6, 6.07) is 0. The fourth-order valence-electron chi connectivity index (χ4n) is 2.35. The van der Waals surface area contributed by atoms with Gasteiger partial charge in [0.1, 0.15) is 5.82 Å². The molecule has 104 valence electrons. The smallest absolute Gasteiger partial charge is 0.309 e. The van der Waals surface area contributed by atoms with E-state index in [0.717, 1.165) is 30.1 Å². The standard InChI is InChI=1S/C15H22N2O2/c1-5-7-8-13-16-14(10(3)17(13)4)11-9-12(11)15(18)19-6-2/h7-8,11-12H,5-6,9H2,1-4H3/b8-7-. The van der Waals surface area contributed by atoms with Gasteiger partial charge in [0.15, 0.2) is 0 Å². The third-order valence-corrected chi connectivity index (χ3v) is 3.69. The van der Waals surface area contributed by atoms with Crippen molar-refractivity contribution in [2.45, 2.75) is 39.5 Å². The Kier molecular flexibility index (Phi) is 4.08. The van der Waals surface area contributed by atoms with Gasteiger partial charge in [-0.05, 0) is 32.8 Å². The largest absolute Gasteiger partial charge is 0.466 e. The molecule has 1 saturated carbocycles. The summed E-state index contributed by atoms with van der Waals surface area (Å²) in [5.74, 6) is 1.14. The van der Waals surface area contributed by atoms with E-state index < -0.39 is 0 Å². The van der Waals surface area contributed by atoms with Crippen molar-refractivity contribution in [3.05, 3.63) is 23.3 Å². The second kappa shape index (κ2) is 5.59. The van der Waals surface area contributed by atoms with Gasteiger partial charge in [-0.1, -0.05) is 13.0 Å². The van der Waals surface area contributed by atoms with Gasteiger partial charge >= 0.3 is 5.97 Å². The van der Waals surface area contributed by atoms with Crippen LogP contribution in [0.3, 0.4) is 0 Å². The Bertz CT molecular complexity index is 502. The van der Waals surface area contributed by atoms with Crippen molar-refractivity contribution in [1.29, 1.82) is 0 Å². The number of carbonyl (C=O) groups is 1. The fourth-order valence-corrected chi connectivity index (χ4v) is 2.35. The molecule has 0 radical (unpaired) electrons. The molecule has 1 aliphatic carbocycles. The van der Waals surface area contributed by atoms with E-state index in [0.29, 0.717) is 6.61 Å². The summed E-state index contributed by atoms with van der Waals surface area (Å²) in [7, 11) is 2.02. The summed E-state index contributed by atoms with van der Waals surface area (Å²) in [4.78, 5) is 16.4. The number of aromatic nitrogens is 2. The lowest BCUT2D eigenvalue weighted by molar-refractivity contribution is -0.144. The Morgan fingerprint density at radius 2 is 2.26 bits per heavy atom. The van der Waals surface area contributed by atoms with E-state index in [1.165, 1.54) is 0 Å². The minimum absolute atomic E-state index is 0.0107. The van der Waals surface area contributed by atoms with E-state index in [1.807, 2.05) is 20.0 Å². The molecule has 1 heterocycles. The average Bonchev–Trinajstić information content (AvgIpc) is 3.13. The normalized spacial score (nSPS) is 21.9. The quantitative estimate of drug-likeness (QED) is 0.766. The predicted molar refractivity (Wildman–Crippen MR) is 74.8 cm³/mol. The molecular formula is C15H22N2O2. The molecule has 0 saturated heterocycles. The first kappa shape index (κ1) is 13.8. The second-order valence-corrected chi connectivity index (χ2v) is 5.01.